The molecule has 0 heterocycles. The highest BCUT2D eigenvalue weighted by molar-refractivity contribution is 5.49. The van der Waals surface area contributed by atoms with E-state index in [1.807, 2.05) is 0 Å². The average Bonchev–Trinajstić information content (AvgIpc) is 2.14. The number of carbonyl (C=O) groups excluding carboxylic acids is 1. The third-order valence-corrected chi connectivity index (χ3v) is 3.31. The molecule has 0 bridgehead atoms. The summed E-state index contributed by atoms with van der Waals surface area (Å²) in [6.07, 6.45) is 8.79. The van der Waals surface area contributed by atoms with Crippen molar-refractivity contribution in [2.75, 3.05) is 0 Å². The third-order valence-electron chi connectivity index (χ3n) is 3.31. The van der Waals surface area contributed by atoms with Gasteiger partial charge in [-0.3, -0.25) is 0 Å². The molecule has 1 nitrogen and oxygen atoms in total. The van der Waals surface area contributed by atoms with Crippen LogP contribution in [0.25, 0.3) is 0 Å². The lowest BCUT2D eigenvalue weighted by atomic mass is 9.73. The van der Waals surface area contributed by atoms with Gasteiger partial charge < -0.3 is 4.79 Å². The Hall–Kier alpha value is -0.590. The molecule has 1 unspecified atom stereocenters. The Bertz CT molecular complexity index is 220. The molecule has 0 aliphatic heterocycles. The summed E-state index contributed by atoms with van der Waals surface area (Å²) in [4.78, 5) is 10.2. The number of rotatable bonds is 3. The van der Waals surface area contributed by atoms with Gasteiger partial charge in [0.1, 0.15) is 6.29 Å². The monoisotopic (exact) mass is 195 g/mol. The van der Waals surface area contributed by atoms with Crippen LogP contribution in [0.4, 0.5) is 0 Å². The topological polar surface area (TPSA) is 17.1 Å². The summed E-state index contributed by atoms with van der Waals surface area (Å²) in [5.74, 6) is 0.822. The molecule has 80 valence electrons. The number of allylic oxidation sites excluding steroid dienone is 2. The predicted octanol–water partition coefficient (Wildman–Crippen LogP) is 3.74. The molecule has 1 rings (SSSR count). The fraction of sp³-hybridized carbons (Fsp3) is 0.769. The van der Waals surface area contributed by atoms with Crippen molar-refractivity contribution in [3.05, 3.63) is 11.6 Å². The Labute approximate surface area is 87.6 Å². The van der Waals surface area contributed by atoms with E-state index in [1.165, 1.54) is 24.8 Å². The maximum atomic E-state index is 10.2. The molecule has 0 saturated heterocycles. The molecule has 1 heteroatoms. The van der Waals surface area contributed by atoms with Crippen molar-refractivity contribution in [2.45, 2.75) is 52.9 Å². The first-order valence-electron chi connectivity index (χ1n) is 5.65. The van der Waals surface area contributed by atoms with Gasteiger partial charge in [-0.1, -0.05) is 32.4 Å². The minimum Gasteiger partial charge on any atom is -0.303 e. The van der Waals surface area contributed by atoms with Gasteiger partial charge in [0.2, 0.25) is 0 Å². The quantitative estimate of drug-likeness (QED) is 0.381. The first-order chi connectivity index (χ1) is 6.54. The first kappa shape index (κ1) is 11.5. The van der Waals surface area contributed by atoms with E-state index in [4.69, 9.17) is 0 Å². The lowest BCUT2D eigenvalue weighted by molar-refractivity contribution is -0.107. The molecule has 0 aromatic rings. The van der Waals surface area contributed by atoms with Crippen LogP contribution in [-0.2, 0) is 4.79 Å². The minimum atomic E-state index is 0.437. The SMILES string of the molecule is CC(C)(C)C1CC=C(CC[13CH]=O)CC1. The van der Waals surface area contributed by atoms with Crippen LogP contribution in [0.2, 0.25) is 0 Å². The second-order valence-electron chi connectivity index (χ2n) is 5.41. The van der Waals surface area contributed by atoms with Crippen molar-refractivity contribution in [3.63, 3.8) is 0 Å². The molecule has 0 spiro atoms. The first-order valence-corrected chi connectivity index (χ1v) is 5.65. The molecular formula is C13H22O. The predicted molar refractivity (Wildman–Crippen MR) is 60.2 cm³/mol. The van der Waals surface area contributed by atoms with Crippen molar-refractivity contribution < 1.29 is 4.79 Å². The van der Waals surface area contributed by atoms with Gasteiger partial charge in [0, 0.05) is 6.42 Å². The van der Waals surface area contributed by atoms with Crippen molar-refractivity contribution in [2.24, 2.45) is 11.3 Å². The molecule has 0 amide bonds. The van der Waals surface area contributed by atoms with Crippen LogP contribution in [0, 0.1) is 11.3 Å². The van der Waals surface area contributed by atoms with E-state index >= 15 is 0 Å². The molecule has 1 atom stereocenters. The standard InChI is InChI=1S/C13H22O/c1-13(2,3)12-8-6-11(7-9-12)5-4-10-14/h6,10,12H,4-5,7-9H2,1-3H3/i10+1. The molecular weight excluding hydrogens is 173 g/mol. The summed E-state index contributed by atoms with van der Waals surface area (Å²) in [6.45, 7) is 6.96. The summed E-state index contributed by atoms with van der Waals surface area (Å²) < 4.78 is 0. The molecule has 0 aromatic carbocycles. The summed E-state index contributed by atoms with van der Waals surface area (Å²) in [5.41, 5.74) is 1.93. The lowest BCUT2D eigenvalue weighted by Crippen LogP contribution is -2.22. The van der Waals surface area contributed by atoms with E-state index in [9.17, 15) is 4.79 Å². The van der Waals surface area contributed by atoms with Crippen LogP contribution < -0.4 is 0 Å². The van der Waals surface area contributed by atoms with E-state index < -0.39 is 0 Å². The highest BCUT2D eigenvalue weighted by Crippen LogP contribution is 2.37. The highest BCUT2D eigenvalue weighted by Gasteiger charge is 2.25. The van der Waals surface area contributed by atoms with Gasteiger partial charge in [-0.15, -0.1) is 0 Å². The lowest BCUT2D eigenvalue weighted by Gasteiger charge is -2.33. The zero-order chi connectivity index (χ0) is 10.6. The van der Waals surface area contributed by atoms with Crippen LogP contribution in [0.15, 0.2) is 11.6 Å². The molecule has 1 aliphatic rings. The molecule has 0 saturated carbocycles. The second kappa shape index (κ2) is 4.77. The zero-order valence-electron chi connectivity index (χ0n) is 9.68. The summed E-state index contributed by atoms with van der Waals surface area (Å²) in [6, 6.07) is 0. The minimum absolute atomic E-state index is 0.437. The van der Waals surface area contributed by atoms with E-state index in [-0.39, 0.29) is 0 Å². The molecule has 0 N–H and O–H groups in total. The van der Waals surface area contributed by atoms with Crippen molar-refractivity contribution in [1.29, 1.82) is 0 Å². The maximum Gasteiger partial charge on any atom is 0.120 e. The Morgan fingerprint density at radius 2 is 2.21 bits per heavy atom. The van der Waals surface area contributed by atoms with Gasteiger partial charge in [0.25, 0.3) is 0 Å². The Balaban J connectivity index is 2.43. The van der Waals surface area contributed by atoms with Crippen LogP contribution >= 0.6 is 0 Å². The Kier molecular flexibility index (Phi) is 3.91. The van der Waals surface area contributed by atoms with Gasteiger partial charge in [0.15, 0.2) is 0 Å². The van der Waals surface area contributed by atoms with Crippen LogP contribution in [0.3, 0.4) is 0 Å². The molecule has 14 heavy (non-hydrogen) atoms. The number of hydrogen-bond donors (Lipinski definition) is 0. The number of aldehydes is 1. The van der Waals surface area contributed by atoms with Crippen molar-refractivity contribution in [3.8, 4) is 0 Å². The maximum absolute atomic E-state index is 10.2. The van der Waals surface area contributed by atoms with E-state index in [2.05, 4.69) is 26.8 Å². The van der Waals surface area contributed by atoms with Gasteiger partial charge in [-0.2, -0.15) is 0 Å². The number of carbonyl (C=O) groups is 1. The van der Waals surface area contributed by atoms with Crippen LogP contribution in [-0.4, -0.2) is 6.29 Å². The van der Waals surface area contributed by atoms with E-state index in [1.54, 1.807) is 0 Å². The average molecular weight is 195 g/mol. The number of hydrogen-bond acceptors (Lipinski definition) is 1. The van der Waals surface area contributed by atoms with Crippen LogP contribution in [0.5, 0.6) is 0 Å². The smallest absolute Gasteiger partial charge is 0.120 e. The fourth-order valence-corrected chi connectivity index (χ4v) is 2.15. The van der Waals surface area contributed by atoms with E-state index in [0.717, 1.165) is 18.6 Å². The van der Waals surface area contributed by atoms with Gasteiger partial charge in [0.05, 0.1) is 0 Å². The van der Waals surface area contributed by atoms with Gasteiger partial charge in [-0.05, 0) is 37.0 Å². The fourth-order valence-electron chi connectivity index (χ4n) is 2.15. The summed E-state index contributed by atoms with van der Waals surface area (Å²) in [7, 11) is 0. The zero-order valence-corrected chi connectivity index (χ0v) is 9.68. The Morgan fingerprint density at radius 1 is 1.50 bits per heavy atom. The largest absolute Gasteiger partial charge is 0.303 e. The van der Waals surface area contributed by atoms with Crippen molar-refractivity contribution >= 4 is 6.29 Å². The molecule has 1 aliphatic carbocycles. The molecule has 0 radical (unpaired) electrons. The van der Waals surface area contributed by atoms with Crippen LogP contribution in [0.1, 0.15) is 52.9 Å². The molecule has 0 fully saturated rings. The van der Waals surface area contributed by atoms with Gasteiger partial charge in [-0.25, -0.2) is 0 Å². The van der Waals surface area contributed by atoms with Crippen molar-refractivity contribution in [1.82, 2.24) is 0 Å². The second-order valence-corrected chi connectivity index (χ2v) is 5.41. The highest BCUT2D eigenvalue weighted by atomic mass is 16.2. The summed E-state index contributed by atoms with van der Waals surface area (Å²) >= 11 is 0. The summed E-state index contributed by atoms with van der Waals surface area (Å²) in [5, 5.41) is 0. The third kappa shape index (κ3) is 3.28. The molecule has 0 aromatic heterocycles. The van der Waals surface area contributed by atoms with Gasteiger partial charge >= 0.3 is 0 Å². The van der Waals surface area contributed by atoms with E-state index in [0.29, 0.717) is 11.8 Å². The Morgan fingerprint density at radius 3 is 2.64 bits per heavy atom. The normalized spacial score (nSPS) is 23.1.